The van der Waals surface area contributed by atoms with Gasteiger partial charge >= 0.3 is 0 Å². The quantitative estimate of drug-likeness (QED) is 0.726. The Kier molecular flexibility index (Phi) is 6.82. The number of amides is 2. The minimum Gasteiger partial charge on any atom is -0.467 e. The monoisotopic (exact) mass is 362 g/mol. The van der Waals surface area contributed by atoms with Gasteiger partial charge in [0.25, 0.3) is 0 Å². The second kappa shape index (κ2) is 8.85. The first kappa shape index (κ1) is 19.2. The highest BCUT2D eigenvalue weighted by Gasteiger charge is 2.21. The van der Waals surface area contributed by atoms with E-state index >= 15 is 0 Å². The van der Waals surface area contributed by atoms with E-state index in [0.717, 1.165) is 10.6 Å². The van der Waals surface area contributed by atoms with Gasteiger partial charge in [0.1, 0.15) is 5.76 Å². The molecule has 0 saturated carbocycles. The van der Waals surface area contributed by atoms with Crippen molar-refractivity contribution < 1.29 is 14.0 Å². The third-order valence-corrected chi connectivity index (χ3v) is 4.60. The van der Waals surface area contributed by atoms with E-state index in [-0.39, 0.29) is 11.8 Å². The molecule has 0 saturated heterocycles. The second-order valence-electron chi connectivity index (χ2n) is 7.02. The summed E-state index contributed by atoms with van der Waals surface area (Å²) in [4.78, 5) is 27.4. The van der Waals surface area contributed by atoms with Crippen LogP contribution in [0.5, 0.6) is 0 Å². The van der Waals surface area contributed by atoms with Crippen molar-refractivity contribution in [1.29, 1.82) is 0 Å². The summed E-state index contributed by atoms with van der Waals surface area (Å²) < 4.78 is 5.38. The third kappa shape index (κ3) is 6.38. The molecule has 136 valence electrons. The number of hydrogen-bond donors (Lipinski definition) is 1. The molecule has 0 aliphatic carbocycles. The summed E-state index contributed by atoms with van der Waals surface area (Å²) in [6.07, 6.45) is 2.64. The molecule has 2 heterocycles. The minimum absolute atomic E-state index is 0.00553. The van der Waals surface area contributed by atoms with Gasteiger partial charge in [-0.25, -0.2) is 0 Å². The van der Waals surface area contributed by atoms with Crippen molar-refractivity contribution >= 4 is 23.2 Å². The van der Waals surface area contributed by atoms with Crippen molar-refractivity contribution in [2.45, 2.75) is 46.7 Å². The summed E-state index contributed by atoms with van der Waals surface area (Å²) in [6.45, 7) is 7.16. The van der Waals surface area contributed by atoms with Crippen molar-refractivity contribution in [3.63, 3.8) is 0 Å². The fourth-order valence-corrected chi connectivity index (χ4v) is 3.00. The molecule has 2 aromatic rings. The molecule has 5 nitrogen and oxygen atoms in total. The lowest BCUT2D eigenvalue weighted by atomic mass is 9.96. The van der Waals surface area contributed by atoms with Gasteiger partial charge in [-0.15, -0.1) is 11.3 Å². The minimum atomic E-state index is -0.408. The standard InChI is InChI=1S/C19H26N2O3S/c1-19(2,3)18(23)20-10-4-9-17(22)21(13-15-7-5-11-24-15)14-16-8-6-12-25-16/h5-8,11-12H,4,9-10,13-14H2,1-3H3,(H,20,23). The summed E-state index contributed by atoms with van der Waals surface area (Å²) in [5.74, 6) is 0.840. The summed E-state index contributed by atoms with van der Waals surface area (Å²) >= 11 is 1.63. The van der Waals surface area contributed by atoms with Crippen LogP contribution in [0, 0.1) is 5.41 Å². The SMILES string of the molecule is CC(C)(C)C(=O)NCCCC(=O)N(Cc1ccco1)Cc1cccs1. The first-order valence-electron chi connectivity index (χ1n) is 8.47. The molecule has 0 unspecified atom stereocenters. The van der Waals surface area contributed by atoms with Crippen LogP contribution in [0.1, 0.15) is 44.3 Å². The molecular weight excluding hydrogens is 336 g/mol. The Morgan fingerprint density at radius 1 is 1.20 bits per heavy atom. The molecule has 0 fully saturated rings. The molecular formula is C19H26N2O3S. The average Bonchev–Trinajstić information content (AvgIpc) is 3.23. The maximum Gasteiger partial charge on any atom is 0.225 e. The molecule has 1 N–H and O–H groups in total. The molecule has 25 heavy (non-hydrogen) atoms. The van der Waals surface area contributed by atoms with E-state index < -0.39 is 5.41 Å². The number of nitrogens with one attached hydrogen (secondary N) is 1. The van der Waals surface area contributed by atoms with Gasteiger partial charge in [-0.2, -0.15) is 0 Å². The zero-order valence-corrected chi connectivity index (χ0v) is 15.9. The number of hydrogen-bond acceptors (Lipinski definition) is 4. The van der Waals surface area contributed by atoms with E-state index in [1.807, 2.05) is 50.4 Å². The topological polar surface area (TPSA) is 62.6 Å². The number of thiophene rings is 1. The largest absolute Gasteiger partial charge is 0.467 e. The third-order valence-electron chi connectivity index (χ3n) is 3.74. The number of carbonyl (C=O) groups excluding carboxylic acids is 2. The Balaban J connectivity index is 1.85. The van der Waals surface area contributed by atoms with Crippen molar-refractivity contribution in [2.24, 2.45) is 5.41 Å². The number of nitrogens with zero attached hydrogens (tertiary/aromatic N) is 1. The van der Waals surface area contributed by atoms with Crippen LogP contribution in [0.3, 0.4) is 0 Å². The van der Waals surface area contributed by atoms with Crippen LogP contribution in [-0.4, -0.2) is 23.3 Å². The van der Waals surface area contributed by atoms with E-state index in [1.165, 1.54) is 0 Å². The van der Waals surface area contributed by atoms with Gasteiger partial charge in [0.05, 0.1) is 19.4 Å². The Morgan fingerprint density at radius 2 is 2.00 bits per heavy atom. The number of carbonyl (C=O) groups is 2. The lowest BCUT2D eigenvalue weighted by Crippen LogP contribution is -2.36. The molecule has 0 spiro atoms. The second-order valence-corrected chi connectivity index (χ2v) is 8.05. The highest BCUT2D eigenvalue weighted by molar-refractivity contribution is 7.09. The van der Waals surface area contributed by atoms with Gasteiger partial charge in [0, 0.05) is 23.3 Å². The van der Waals surface area contributed by atoms with Crippen molar-refractivity contribution in [1.82, 2.24) is 10.2 Å². The summed E-state index contributed by atoms with van der Waals surface area (Å²) in [7, 11) is 0. The van der Waals surface area contributed by atoms with Crippen LogP contribution >= 0.6 is 11.3 Å². The van der Waals surface area contributed by atoms with E-state index in [9.17, 15) is 9.59 Å². The van der Waals surface area contributed by atoms with Crippen molar-refractivity contribution in [3.8, 4) is 0 Å². The number of furan rings is 1. The van der Waals surface area contributed by atoms with E-state index in [2.05, 4.69) is 5.32 Å². The molecule has 2 amide bonds. The van der Waals surface area contributed by atoms with E-state index in [1.54, 1.807) is 22.5 Å². The Labute approximate surface area is 153 Å². The lowest BCUT2D eigenvalue weighted by Gasteiger charge is -2.22. The fraction of sp³-hybridized carbons (Fsp3) is 0.474. The summed E-state index contributed by atoms with van der Waals surface area (Å²) in [6, 6.07) is 7.71. The summed E-state index contributed by atoms with van der Waals surface area (Å²) in [5.41, 5.74) is -0.408. The molecule has 0 atom stereocenters. The zero-order valence-electron chi connectivity index (χ0n) is 15.1. The van der Waals surface area contributed by atoms with Gasteiger partial charge in [-0.05, 0) is 30.0 Å². The predicted molar refractivity (Wildman–Crippen MR) is 99.0 cm³/mol. The Hall–Kier alpha value is -2.08. The first-order chi connectivity index (χ1) is 11.9. The Morgan fingerprint density at radius 3 is 2.60 bits per heavy atom. The summed E-state index contributed by atoms with van der Waals surface area (Å²) in [5, 5.41) is 4.89. The van der Waals surface area contributed by atoms with Crippen LogP contribution in [0.25, 0.3) is 0 Å². The van der Waals surface area contributed by atoms with Gasteiger partial charge in [-0.3, -0.25) is 9.59 Å². The van der Waals surface area contributed by atoms with Crippen LogP contribution < -0.4 is 5.32 Å². The van der Waals surface area contributed by atoms with Crippen LogP contribution in [0.2, 0.25) is 0 Å². The molecule has 0 aliphatic heterocycles. The Bertz CT molecular complexity index is 621. The zero-order chi connectivity index (χ0) is 18.3. The number of rotatable bonds is 8. The maximum atomic E-state index is 12.6. The van der Waals surface area contributed by atoms with Gasteiger partial charge < -0.3 is 14.6 Å². The van der Waals surface area contributed by atoms with E-state index in [0.29, 0.717) is 32.5 Å². The molecule has 0 aliphatic rings. The molecule has 0 aromatic carbocycles. The van der Waals surface area contributed by atoms with Crippen molar-refractivity contribution in [3.05, 3.63) is 46.5 Å². The highest BCUT2D eigenvalue weighted by Crippen LogP contribution is 2.16. The normalized spacial score (nSPS) is 11.3. The van der Waals surface area contributed by atoms with Crippen LogP contribution in [0.4, 0.5) is 0 Å². The molecule has 0 bridgehead atoms. The highest BCUT2D eigenvalue weighted by atomic mass is 32.1. The maximum absolute atomic E-state index is 12.6. The molecule has 2 rings (SSSR count). The van der Waals surface area contributed by atoms with Crippen LogP contribution in [-0.2, 0) is 22.7 Å². The molecule has 6 heteroatoms. The van der Waals surface area contributed by atoms with Crippen molar-refractivity contribution in [2.75, 3.05) is 6.54 Å². The molecule has 0 radical (unpaired) electrons. The molecule has 2 aromatic heterocycles. The fourth-order valence-electron chi connectivity index (χ4n) is 2.28. The van der Waals surface area contributed by atoms with Gasteiger partial charge in [0.15, 0.2) is 0 Å². The van der Waals surface area contributed by atoms with Gasteiger partial charge in [-0.1, -0.05) is 26.8 Å². The van der Waals surface area contributed by atoms with E-state index in [4.69, 9.17) is 4.42 Å². The smallest absolute Gasteiger partial charge is 0.225 e. The first-order valence-corrected chi connectivity index (χ1v) is 9.35. The lowest BCUT2D eigenvalue weighted by molar-refractivity contribution is -0.133. The predicted octanol–water partition coefficient (Wildman–Crippen LogP) is 3.81. The average molecular weight is 362 g/mol. The van der Waals surface area contributed by atoms with Crippen LogP contribution in [0.15, 0.2) is 40.3 Å². The van der Waals surface area contributed by atoms with Gasteiger partial charge in [0.2, 0.25) is 11.8 Å².